The summed E-state index contributed by atoms with van der Waals surface area (Å²) in [4.78, 5) is 2.10. The van der Waals surface area contributed by atoms with E-state index in [4.69, 9.17) is 10.00 Å². The molecule has 3 heteroatoms. The minimum absolute atomic E-state index is 0.384. The van der Waals surface area contributed by atoms with Crippen LogP contribution in [0.2, 0.25) is 0 Å². The van der Waals surface area contributed by atoms with Gasteiger partial charge in [0.25, 0.3) is 0 Å². The SMILES string of the molecule is CC(C)N(CC#N)CCOCc1ccccc1. The Morgan fingerprint density at radius 2 is 2.00 bits per heavy atom. The van der Waals surface area contributed by atoms with E-state index in [1.54, 1.807) is 0 Å². The zero-order valence-electron chi connectivity index (χ0n) is 10.6. The summed E-state index contributed by atoms with van der Waals surface area (Å²) in [6, 6.07) is 12.7. The monoisotopic (exact) mass is 232 g/mol. The summed E-state index contributed by atoms with van der Waals surface area (Å²) in [5, 5.41) is 8.69. The van der Waals surface area contributed by atoms with E-state index >= 15 is 0 Å². The normalized spacial score (nSPS) is 10.8. The number of nitrogens with zero attached hydrogens (tertiary/aromatic N) is 2. The molecule has 0 fully saturated rings. The summed E-state index contributed by atoms with van der Waals surface area (Å²) in [6.07, 6.45) is 0. The summed E-state index contributed by atoms with van der Waals surface area (Å²) in [6.45, 7) is 6.75. The zero-order chi connectivity index (χ0) is 12.5. The van der Waals surface area contributed by atoms with Gasteiger partial charge < -0.3 is 4.74 Å². The second kappa shape index (κ2) is 7.83. The lowest BCUT2D eigenvalue weighted by Gasteiger charge is -2.23. The topological polar surface area (TPSA) is 36.3 Å². The predicted molar refractivity (Wildman–Crippen MR) is 68.4 cm³/mol. The Kier molecular flexibility index (Phi) is 6.31. The molecule has 0 saturated heterocycles. The van der Waals surface area contributed by atoms with E-state index in [1.807, 2.05) is 18.2 Å². The van der Waals surface area contributed by atoms with Crippen LogP contribution in [0, 0.1) is 11.3 Å². The van der Waals surface area contributed by atoms with Crippen molar-refractivity contribution in [2.45, 2.75) is 26.5 Å². The molecule has 92 valence electrons. The maximum Gasteiger partial charge on any atom is 0.0868 e. The molecule has 0 bridgehead atoms. The second-order valence-corrected chi connectivity index (χ2v) is 4.26. The fourth-order valence-corrected chi connectivity index (χ4v) is 1.56. The largest absolute Gasteiger partial charge is 0.375 e. The van der Waals surface area contributed by atoms with Crippen LogP contribution in [0.4, 0.5) is 0 Å². The number of benzene rings is 1. The van der Waals surface area contributed by atoms with E-state index in [1.165, 1.54) is 5.56 Å². The molecule has 0 N–H and O–H groups in total. The highest BCUT2D eigenvalue weighted by atomic mass is 16.5. The van der Waals surface area contributed by atoms with Crippen LogP contribution >= 0.6 is 0 Å². The third-order valence-electron chi connectivity index (χ3n) is 2.64. The highest BCUT2D eigenvalue weighted by Crippen LogP contribution is 2.01. The standard InChI is InChI=1S/C14H20N2O/c1-13(2)16(9-8-15)10-11-17-12-14-6-4-3-5-7-14/h3-7,13H,9-12H2,1-2H3. The number of nitriles is 1. The lowest BCUT2D eigenvalue weighted by atomic mass is 10.2. The average molecular weight is 232 g/mol. The van der Waals surface area contributed by atoms with Gasteiger partial charge in [0, 0.05) is 12.6 Å². The first-order chi connectivity index (χ1) is 8.24. The lowest BCUT2D eigenvalue weighted by Crippen LogP contribution is -2.34. The van der Waals surface area contributed by atoms with Gasteiger partial charge in [0.2, 0.25) is 0 Å². The Balaban J connectivity index is 2.21. The molecule has 0 saturated carbocycles. The number of hydrogen-bond donors (Lipinski definition) is 0. The Morgan fingerprint density at radius 1 is 1.29 bits per heavy atom. The van der Waals surface area contributed by atoms with Gasteiger partial charge in [-0.25, -0.2) is 0 Å². The Hall–Kier alpha value is -1.37. The summed E-state index contributed by atoms with van der Waals surface area (Å²) >= 11 is 0. The van der Waals surface area contributed by atoms with Gasteiger partial charge >= 0.3 is 0 Å². The van der Waals surface area contributed by atoms with Crippen LogP contribution < -0.4 is 0 Å². The van der Waals surface area contributed by atoms with Crippen molar-refractivity contribution in [3.63, 3.8) is 0 Å². The molecule has 0 spiro atoms. The minimum Gasteiger partial charge on any atom is -0.375 e. The lowest BCUT2D eigenvalue weighted by molar-refractivity contribution is 0.0877. The molecule has 3 nitrogen and oxygen atoms in total. The van der Waals surface area contributed by atoms with Gasteiger partial charge in [0.15, 0.2) is 0 Å². The summed E-state index contributed by atoms with van der Waals surface area (Å²) in [5.74, 6) is 0. The smallest absolute Gasteiger partial charge is 0.0868 e. The molecule has 0 amide bonds. The van der Waals surface area contributed by atoms with Crippen molar-refractivity contribution in [2.75, 3.05) is 19.7 Å². The molecule has 1 rings (SSSR count). The quantitative estimate of drug-likeness (QED) is 0.535. The van der Waals surface area contributed by atoms with Crippen molar-refractivity contribution in [3.8, 4) is 6.07 Å². The van der Waals surface area contributed by atoms with E-state index in [-0.39, 0.29) is 0 Å². The molecule has 0 radical (unpaired) electrons. The highest BCUT2D eigenvalue weighted by molar-refractivity contribution is 5.13. The second-order valence-electron chi connectivity index (χ2n) is 4.26. The molecule has 0 atom stereocenters. The molecular weight excluding hydrogens is 212 g/mol. The molecule has 0 heterocycles. The molecule has 17 heavy (non-hydrogen) atoms. The van der Waals surface area contributed by atoms with E-state index < -0.39 is 0 Å². The van der Waals surface area contributed by atoms with Crippen LogP contribution in [0.5, 0.6) is 0 Å². The van der Waals surface area contributed by atoms with Gasteiger partial charge in [-0.05, 0) is 19.4 Å². The predicted octanol–water partition coefficient (Wildman–Crippen LogP) is 2.44. The zero-order valence-corrected chi connectivity index (χ0v) is 10.6. The van der Waals surface area contributed by atoms with Crippen LogP contribution in [-0.2, 0) is 11.3 Å². The van der Waals surface area contributed by atoms with Crippen LogP contribution in [0.3, 0.4) is 0 Å². The van der Waals surface area contributed by atoms with Crippen LogP contribution in [0.25, 0.3) is 0 Å². The summed E-state index contributed by atoms with van der Waals surface area (Å²) < 4.78 is 5.60. The minimum atomic E-state index is 0.384. The van der Waals surface area contributed by atoms with Crippen molar-refractivity contribution in [1.82, 2.24) is 4.90 Å². The average Bonchev–Trinajstić information content (AvgIpc) is 2.34. The van der Waals surface area contributed by atoms with Gasteiger partial charge in [0.05, 0.1) is 25.8 Å². The van der Waals surface area contributed by atoms with E-state index in [0.29, 0.717) is 25.8 Å². The molecular formula is C14H20N2O. The van der Waals surface area contributed by atoms with Gasteiger partial charge in [-0.15, -0.1) is 0 Å². The summed E-state index contributed by atoms with van der Waals surface area (Å²) in [5.41, 5.74) is 1.18. The summed E-state index contributed by atoms with van der Waals surface area (Å²) in [7, 11) is 0. The van der Waals surface area contributed by atoms with Crippen molar-refractivity contribution >= 4 is 0 Å². The van der Waals surface area contributed by atoms with Crippen molar-refractivity contribution in [3.05, 3.63) is 35.9 Å². The first kappa shape index (κ1) is 13.7. The third-order valence-corrected chi connectivity index (χ3v) is 2.64. The third kappa shape index (κ3) is 5.48. The van der Waals surface area contributed by atoms with Gasteiger partial charge in [-0.1, -0.05) is 30.3 Å². The van der Waals surface area contributed by atoms with E-state index in [0.717, 1.165) is 6.54 Å². The molecule has 1 aromatic rings. The van der Waals surface area contributed by atoms with E-state index in [9.17, 15) is 0 Å². The van der Waals surface area contributed by atoms with Crippen molar-refractivity contribution in [2.24, 2.45) is 0 Å². The Morgan fingerprint density at radius 3 is 2.59 bits per heavy atom. The van der Waals surface area contributed by atoms with Gasteiger partial charge in [0.1, 0.15) is 0 Å². The number of ether oxygens (including phenoxy) is 1. The van der Waals surface area contributed by atoms with Crippen molar-refractivity contribution < 1.29 is 4.74 Å². The Labute approximate surface area is 104 Å². The molecule has 0 aliphatic carbocycles. The molecule has 0 aliphatic heterocycles. The van der Waals surface area contributed by atoms with E-state index in [2.05, 4.69) is 36.9 Å². The molecule has 0 unspecified atom stereocenters. The fourth-order valence-electron chi connectivity index (χ4n) is 1.56. The van der Waals surface area contributed by atoms with Gasteiger partial charge in [-0.3, -0.25) is 4.90 Å². The van der Waals surface area contributed by atoms with Gasteiger partial charge in [-0.2, -0.15) is 5.26 Å². The Bertz CT molecular complexity index is 343. The molecule has 0 aliphatic rings. The first-order valence-electron chi connectivity index (χ1n) is 5.96. The maximum atomic E-state index is 8.69. The molecule has 1 aromatic carbocycles. The van der Waals surface area contributed by atoms with Crippen LogP contribution in [0.1, 0.15) is 19.4 Å². The fraction of sp³-hybridized carbons (Fsp3) is 0.500. The first-order valence-corrected chi connectivity index (χ1v) is 5.96. The van der Waals surface area contributed by atoms with Crippen LogP contribution in [-0.4, -0.2) is 30.6 Å². The number of rotatable bonds is 7. The maximum absolute atomic E-state index is 8.69. The van der Waals surface area contributed by atoms with Crippen LogP contribution in [0.15, 0.2) is 30.3 Å². The van der Waals surface area contributed by atoms with Crippen molar-refractivity contribution in [1.29, 1.82) is 5.26 Å². The highest BCUT2D eigenvalue weighted by Gasteiger charge is 2.07. The molecule has 0 aromatic heterocycles. The number of hydrogen-bond acceptors (Lipinski definition) is 3.